The Hall–Kier alpha value is -1.12. The van der Waals surface area contributed by atoms with Gasteiger partial charge in [0.2, 0.25) is 0 Å². The number of hydrogen-bond donors (Lipinski definition) is 0. The van der Waals surface area contributed by atoms with Crippen LogP contribution in [0.4, 0.5) is 0 Å². The zero-order valence-corrected chi connectivity index (χ0v) is 9.43. The standard InChI is InChI=1S/C11H7Cl2NO/c1-6(15)11-10-7(2-3-14-11)4-8(12)5-9(10)13/h2-5H,1H3. The molecule has 0 saturated carbocycles. The molecule has 0 aliphatic heterocycles. The minimum absolute atomic E-state index is 0.107. The lowest BCUT2D eigenvalue weighted by Crippen LogP contribution is -1.97. The van der Waals surface area contributed by atoms with E-state index in [4.69, 9.17) is 23.2 Å². The SMILES string of the molecule is CC(=O)c1nccc2cc(Cl)cc(Cl)c12. The molecule has 76 valence electrons. The quantitative estimate of drug-likeness (QED) is 0.710. The van der Waals surface area contributed by atoms with Crippen molar-refractivity contribution < 1.29 is 4.79 Å². The summed E-state index contributed by atoms with van der Waals surface area (Å²) >= 11 is 11.9. The molecule has 0 aliphatic rings. The van der Waals surface area contributed by atoms with Crippen molar-refractivity contribution >= 4 is 39.8 Å². The first-order valence-corrected chi connectivity index (χ1v) is 5.10. The first-order chi connectivity index (χ1) is 7.09. The summed E-state index contributed by atoms with van der Waals surface area (Å²) in [5.41, 5.74) is 0.383. The third-order valence-corrected chi connectivity index (χ3v) is 2.63. The van der Waals surface area contributed by atoms with Crippen molar-refractivity contribution in [2.24, 2.45) is 0 Å². The summed E-state index contributed by atoms with van der Waals surface area (Å²) < 4.78 is 0. The van der Waals surface area contributed by atoms with E-state index in [1.807, 2.05) is 0 Å². The average molecular weight is 240 g/mol. The summed E-state index contributed by atoms with van der Waals surface area (Å²) in [6.07, 6.45) is 1.58. The van der Waals surface area contributed by atoms with Crippen molar-refractivity contribution in [2.75, 3.05) is 0 Å². The van der Waals surface area contributed by atoms with Gasteiger partial charge in [0.25, 0.3) is 0 Å². The van der Waals surface area contributed by atoms with E-state index < -0.39 is 0 Å². The number of benzene rings is 1. The first kappa shape index (κ1) is 10.4. The highest BCUT2D eigenvalue weighted by atomic mass is 35.5. The Bertz CT molecular complexity index is 552. The molecule has 0 atom stereocenters. The van der Waals surface area contributed by atoms with Gasteiger partial charge in [0.1, 0.15) is 5.69 Å². The van der Waals surface area contributed by atoms with Crippen LogP contribution in [0.3, 0.4) is 0 Å². The monoisotopic (exact) mass is 239 g/mol. The van der Waals surface area contributed by atoms with E-state index in [9.17, 15) is 4.79 Å². The third-order valence-electron chi connectivity index (χ3n) is 2.11. The van der Waals surface area contributed by atoms with Crippen LogP contribution in [0, 0.1) is 0 Å². The summed E-state index contributed by atoms with van der Waals surface area (Å²) in [7, 11) is 0. The molecular weight excluding hydrogens is 233 g/mol. The maximum atomic E-state index is 11.3. The smallest absolute Gasteiger partial charge is 0.178 e. The fourth-order valence-electron chi connectivity index (χ4n) is 1.50. The number of ketones is 1. The van der Waals surface area contributed by atoms with Gasteiger partial charge < -0.3 is 0 Å². The fourth-order valence-corrected chi connectivity index (χ4v) is 2.10. The Kier molecular flexibility index (Phi) is 2.63. The van der Waals surface area contributed by atoms with E-state index in [2.05, 4.69) is 4.98 Å². The van der Waals surface area contributed by atoms with Gasteiger partial charge in [-0.05, 0) is 23.6 Å². The van der Waals surface area contributed by atoms with Gasteiger partial charge in [-0.1, -0.05) is 23.2 Å². The maximum absolute atomic E-state index is 11.3. The molecule has 0 amide bonds. The average Bonchev–Trinajstić information content (AvgIpc) is 2.16. The predicted molar refractivity (Wildman–Crippen MR) is 61.8 cm³/mol. The number of fused-ring (bicyclic) bond motifs is 1. The Morgan fingerprint density at radius 2 is 2.07 bits per heavy atom. The zero-order valence-electron chi connectivity index (χ0n) is 7.92. The molecule has 0 fully saturated rings. The lowest BCUT2D eigenvalue weighted by Gasteiger charge is -2.04. The fraction of sp³-hybridized carbons (Fsp3) is 0.0909. The van der Waals surface area contributed by atoms with Gasteiger partial charge in [0.15, 0.2) is 5.78 Å². The van der Waals surface area contributed by atoms with Crippen LogP contribution < -0.4 is 0 Å². The first-order valence-electron chi connectivity index (χ1n) is 4.34. The molecule has 0 bridgehead atoms. The highest BCUT2D eigenvalue weighted by Crippen LogP contribution is 2.29. The molecule has 0 radical (unpaired) electrons. The van der Waals surface area contributed by atoms with Crippen LogP contribution in [0.5, 0.6) is 0 Å². The van der Waals surface area contributed by atoms with Crippen LogP contribution in [0.1, 0.15) is 17.4 Å². The van der Waals surface area contributed by atoms with Gasteiger partial charge >= 0.3 is 0 Å². The summed E-state index contributed by atoms with van der Waals surface area (Å²) in [6.45, 7) is 1.46. The van der Waals surface area contributed by atoms with Crippen molar-refractivity contribution in [2.45, 2.75) is 6.92 Å². The van der Waals surface area contributed by atoms with Gasteiger partial charge in [-0.15, -0.1) is 0 Å². The molecule has 2 aromatic rings. The van der Waals surface area contributed by atoms with Crippen LogP contribution in [-0.2, 0) is 0 Å². The normalized spacial score (nSPS) is 10.6. The van der Waals surface area contributed by atoms with E-state index in [0.29, 0.717) is 21.1 Å². The largest absolute Gasteiger partial charge is 0.293 e. The van der Waals surface area contributed by atoms with Crippen molar-refractivity contribution in [1.29, 1.82) is 0 Å². The number of halogens is 2. The van der Waals surface area contributed by atoms with Crippen molar-refractivity contribution in [3.05, 3.63) is 40.1 Å². The summed E-state index contributed by atoms with van der Waals surface area (Å²) in [4.78, 5) is 15.4. The van der Waals surface area contributed by atoms with Crippen molar-refractivity contribution in [1.82, 2.24) is 4.98 Å². The number of rotatable bonds is 1. The lowest BCUT2D eigenvalue weighted by atomic mass is 10.1. The van der Waals surface area contributed by atoms with Gasteiger partial charge in [-0.3, -0.25) is 9.78 Å². The van der Waals surface area contributed by atoms with E-state index in [1.54, 1.807) is 24.4 Å². The summed E-state index contributed by atoms with van der Waals surface area (Å²) in [5, 5.41) is 2.49. The number of hydrogen-bond acceptors (Lipinski definition) is 2. The second kappa shape index (κ2) is 3.80. The van der Waals surface area contributed by atoms with Crippen LogP contribution in [-0.4, -0.2) is 10.8 Å². The topological polar surface area (TPSA) is 30.0 Å². The Morgan fingerprint density at radius 3 is 2.73 bits per heavy atom. The van der Waals surface area contributed by atoms with Crippen LogP contribution in [0.15, 0.2) is 24.4 Å². The number of nitrogens with zero attached hydrogens (tertiary/aromatic N) is 1. The van der Waals surface area contributed by atoms with Gasteiger partial charge in [0.05, 0.1) is 5.02 Å². The van der Waals surface area contributed by atoms with E-state index in [-0.39, 0.29) is 5.78 Å². The summed E-state index contributed by atoms with van der Waals surface area (Å²) in [5.74, 6) is -0.107. The Labute approximate surface area is 96.8 Å². The third kappa shape index (κ3) is 1.83. The van der Waals surface area contributed by atoms with E-state index in [1.165, 1.54) is 6.92 Å². The zero-order chi connectivity index (χ0) is 11.0. The van der Waals surface area contributed by atoms with Crippen molar-refractivity contribution in [3.63, 3.8) is 0 Å². The van der Waals surface area contributed by atoms with E-state index in [0.717, 1.165) is 5.39 Å². The second-order valence-corrected chi connectivity index (χ2v) is 4.05. The van der Waals surface area contributed by atoms with Gasteiger partial charge in [-0.25, -0.2) is 0 Å². The number of Topliss-reactive ketones (excluding diaryl/α,β-unsaturated/α-hetero) is 1. The highest BCUT2D eigenvalue weighted by Gasteiger charge is 2.10. The molecule has 1 aromatic heterocycles. The highest BCUT2D eigenvalue weighted by molar-refractivity contribution is 6.39. The molecule has 4 heteroatoms. The van der Waals surface area contributed by atoms with Gasteiger partial charge in [-0.2, -0.15) is 0 Å². The second-order valence-electron chi connectivity index (χ2n) is 3.20. The van der Waals surface area contributed by atoms with Gasteiger partial charge in [0, 0.05) is 23.5 Å². The van der Waals surface area contributed by atoms with Crippen LogP contribution in [0.2, 0.25) is 10.0 Å². The Morgan fingerprint density at radius 1 is 1.33 bits per heavy atom. The Balaban J connectivity index is 2.91. The molecule has 0 unspecified atom stereocenters. The molecule has 1 aromatic carbocycles. The minimum Gasteiger partial charge on any atom is -0.293 e. The minimum atomic E-state index is -0.107. The molecule has 0 N–H and O–H groups in total. The number of pyridine rings is 1. The van der Waals surface area contributed by atoms with Crippen LogP contribution >= 0.6 is 23.2 Å². The lowest BCUT2D eigenvalue weighted by molar-refractivity contribution is 0.101. The molecule has 15 heavy (non-hydrogen) atoms. The number of aromatic nitrogens is 1. The molecule has 0 saturated heterocycles. The molecule has 1 heterocycles. The molecular formula is C11H7Cl2NO. The molecule has 0 aliphatic carbocycles. The number of carbonyl (C=O) groups excluding carboxylic acids is 1. The van der Waals surface area contributed by atoms with E-state index >= 15 is 0 Å². The number of carbonyl (C=O) groups is 1. The summed E-state index contributed by atoms with van der Waals surface area (Å²) in [6, 6.07) is 5.15. The molecule has 2 nitrogen and oxygen atoms in total. The molecule has 2 rings (SSSR count). The van der Waals surface area contributed by atoms with Crippen LogP contribution in [0.25, 0.3) is 10.8 Å². The van der Waals surface area contributed by atoms with Crippen molar-refractivity contribution in [3.8, 4) is 0 Å². The predicted octanol–water partition coefficient (Wildman–Crippen LogP) is 3.74. The maximum Gasteiger partial charge on any atom is 0.178 e. The molecule has 0 spiro atoms.